The molecule has 1 aromatic carbocycles. The zero-order chi connectivity index (χ0) is 13.8. The van der Waals surface area contributed by atoms with E-state index in [1.54, 1.807) is 19.9 Å². The summed E-state index contributed by atoms with van der Waals surface area (Å²) in [7, 11) is 1.32. The molecule has 1 rings (SSSR count). The lowest BCUT2D eigenvalue weighted by Gasteiger charge is -2.22. The van der Waals surface area contributed by atoms with E-state index in [9.17, 15) is 9.18 Å². The SMILES string of the molecule is COC(=O)C(C)(C)COc1cccc(F)c1CN. The van der Waals surface area contributed by atoms with Crippen LogP contribution >= 0.6 is 0 Å². The summed E-state index contributed by atoms with van der Waals surface area (Å²) in [5.41, 5.74) is 4.97. The van der Waals surface area contributed by atoms with Crippen LogP contribution in [0.25, 0.3) is 0 Å². The average molecular weight is 255 g/mol. The quantitative estimate of drug-likeness (QED) is 0.816. The topological polar surface area (TPSA) is 61.5 Å². The molecule has 0 amide bonds. The number of carbonyl (C=O) groups excluding carboxylic acids is 1. The second kappa shape index (κ2) is 5.82. The Balaban J connectivity index is 2.81. The largest absolute Gasteiger partial charge is 0.492 e. The van der Waals surface area contributed by atoms with Crippen LogP contribution in [0.1, 0.15) is 19.4 Å². The van der Waals surface area contributed by atoms with Gasteiger partial charge in [0.05, 0.1) is 12.5 Å². The van der Waals surface area contributed by atoms with Crippen molar-refractivity contribution in [2.45, 2.75) is 20.4 Å². The maximum absolute atomic E-state index is 13.4. The second-order valence-corrected chi connectivity index (χ2v) is 4.58. The molecule has 0 unspecified atom stereocenters. The lowest BCUT2D eigenvalue weighted by atomic mass is 9.95. The molecule has 5 heteroatoms. The number of esters is 1. The normalized spacial score (nSPS) is 11.2. The van der Waals surface area contributed by atoms with Crippen LogP contribution in [0.4, 0.5) is 4.39 Å². The Hall–Kier alpha value is -1.62. The molecule has 0 bridgehead atoms. The Labute approximate surface area is 106 Å². The number of halogens is 1. The predicted octanol–water partition coefficient (Wildman–Crippen LogP) is 1.86. The minimum atomic E-state index is -0.799. The number of hydrogen-bond acceptors (Lipinski definition) is 4. The summed E-state index contributed by atoms with van der Waals surface area (Å²) in [5, 5.41) is 0. The minimum Gasteiger partial charge on any atom is -0.492 e. The predicted molar refractivity (Wildman–Crippen MR) is 65.6 cm³/mol. The number of methoxy groups -OCH3 is 1. The molecule has 0 heterocycles. The summed E-state index contributed by atoms with van der Waals surface area (Å²) in [6, 6.07) is 4.48. The number of ether oxygens (including phenoxy) is 2. The third-order valence-corrected chi connectivity index (χ3v) is 2.61. The van der Waals surface area contributed by atoms with Gasteiger partial charge >= 0.3 is 5.97 Å². The second-order valence-electron chi connectivity index (χ2n) is 4.58. The highest BCUT2D eigenvalue weighted by molar-refractivity contribution is 5.75. The van der Waals surface area contributed by atoms with Gasteiger partial charge in [0.1, 0.15) is 18.2 Å². The number of hydrogen-bond donors (Lipinski definition) is 1. The van der Waals surface area contributed by atoms with Gasteiger partial charge in [-0.2, -0.15) is 0 Å². The molecule has 0 fully saturated rings. The van der Waals surface area contributed by atoms with Gasteiger partial charge in [-0.05, 0) is 26.0 Å². The first-order chi connectivity index (χ1) is 8.42. The van der Waals surface area contributed by atoms with E-state index in [-0.39, 0.29) is 19.1 Å². The van der Waals surface area contributed by atoms with Gasteiger partial charge in [-0.15, -0.1) is 0 Å². The smallest absolute Gasteiger partial charge is 0.314 e. The van der Waals surface area contributed by atoms with Crippen LogP contribution in [0.5, 0.6) is 5.75 Å². The van der Waals surface area contributed by atoms with Crippen molar-refractivity contribution >= 4 is 5.97 Å². The summed E-state index contributed by atoms with van der Waals surface area (Å²) in [6.07, 6.45) is 0. The van der Waals surface area contributed by atoms with E-state index in [2.05, 4.69) is 4.74 Å². The van der Waals surface area contributed by atoms with Crippen molar-refractivity contribution in [1.29, 1.82) is 0 Å². The van der Waals surface area contributed by atoms with Gasteiger partial charge in [-0.1, -0.05) is 6.07 Å². The first-order valence-electron chi connectivity index (χ1n) is 5.61. The summed E-state index contributed by atoms with van der Waals surface area (Å²) >= 11 is 0. The Kier molecular flexibility index (Phi) is 4.67. The highest BCUT2D eigenvalue weighted by Crippen LogP contribution is 2.24. The molecule has 0 radical (unpaired) electrons. The van der Waals surface area contributed by atoms with Gasteiger partial charge in [-0.3, -0.25) is 4.79 Å². The van der Waals surface area contributed by atoms with Crippen molar-refractivity contribution in [2.24, 2.45) is 11.1 Å². The van der Waals surface area contributed by atoms with E-state index in [1.807, 2.05) is 0 Å². The molecule has 18 heavy (non-hydrogen) atoms. The van der Waals surface area contributed by atoms with Gasteiger partial charge in [0.15, 0.2) is 0 Å². The van der Waals surface area contributed by atoms with Crippen LogP contribution in [-0.2, 0) is 16.1 Å². The Bertz CT molecular complexity index is 432. The molecule has 0 aliphatic heterocycles. The van der Waals surface area contributed by atoms with Gasteiger partial charge in [-0.25, -0.2) is 4.39 Å². The zero-order valence-electron chi connectivity index (χ0n) is 10.8. The van der Waals surface area contributed by atoms with Crippen LogP contribution in [0.3, 0.4) is 0 Å². The maximum Gasteiger partial charge on any atom is 0.314 e. The van der Waals surface area contributed by atoms with Crippen LogP contribution < -0.4 is 10.5 Å². The first-order valence-corrected chi connectivity index (χ1v) is 5.61. The van der Waals surface area contributed by atoms with Crippen molar-refractivity contribution < 1.29 is 18.7 Å². The number of carbonyl (C=O) groups is 1. The van der Waals surface area contributed by atoms with E-state index in [0.29, 0.717) is 11.3 Å². The van der Waals surface area contributed by atoms with Crippen LogP contribution in [0.2, 0.25) is 0 Å². The van der Waals surface area contributed by atoms with E-state index in [4.69, 9.17) is 10.5 Å². The van der Waals surface area contributed by atoms with Gasteiger partial charge in [0.25, 0.3) is 0 Å². The Morgan fingerprint density at radius 1 is 1.44 bits per heavy atom. The average Bonchev–Trinajstić information content (AvgIpc) is 2.35. The van der Waals surface area contributed by atoms with Crippen molar-refractivity contribution in [3.05, 3.63) is 29.6 Å². The van der Waals surface area contributed by atoms with Crippen molar-refractivity contribution in [3.8, 4) is 5.75 Å². The van der Waals surface area contributed by atoms with Crippen molar-refractivity contribution in [2.75, 3.05) is 13.7 Å². The van der Waals surface area contributed by atoms with Crippen LogP contribution in [-0.4, -0.2) is 19.7 Å². The van der Waals surface area contributed by atoms with Crippen LogP contribution in [0, 0.1) is 11.2 Å². The molecule has 0 saturated carbocycles. The van der Waals surface area contributed by atoms with Crippen molar-refractivity contribution in [1.82, 2.24) is 0 Å². The molecule has 0 spiro atoms. The molecule has 100 valence electrons. The summed E-state index contributed by atoms with van der Waals surface area (Å²) in [4.78, 5) is 11.5. The number of rotatable bonds is 5. The highest BCUT2D eigenvalue weighted by Gasteiger charge is 2.30. The fourth-order valence-electron chi connectivity index (χ4n) is 1.47. The van der Waals surface area contributed by atoms with Gasteiger partial charge in [0.2, 0.25) is 0 Å². The van der Waals surface area contributed by atoms with E-state index >= 15 is 0 Å². The van der Waals surface area contributed by atoms with E-state index in [0.717, 1.165) is 0 Å². The molecule has 1 aromatic rings. The molecule has 0 saturated heterocycles. The maximum atomic E-state index is 13.4. The first kappa shape index (κ1) is 14.4. The molecule has 0 atom stereocenters. The molecular weight excluding hydrogens is 237 g/mol. The zero-order valence-corrected chi connectivity index (χ0v) is 10.8. The Morgan fingerprint density at radius 3 is 2.67 bits per heavy atom. The highest BCUT2D eigenvalue weighted by atomic mass is 19.1. The molecule has 4 nitrogen and oxygen atoms in total. The Morgan fingerprint density at radius 2 is 2.11 bits per heavy atom. The van der Waals surface area contributed by atoms with Gasteiger partial charge in [0, 0.05) is 12.1 Å². The third kappa shape index (κ3) is 3.20. The monoisotopic (exact) mass is 255 g/mol. The lowest BCUT2D eigenvalue weighted by molar-refractivity contribution is -0.152. The fourth-order valence-corrected chi connectivity index (χ4v) is 1.47. The number of nitrogens with two attached hydrogens (primary N) is 1. The minimum absolute atomic E-state index is 0.0423. The standard InChI is InChI=1S/C13H18FNO3/c1-13(2,12(16)17-3)8-18-11-6-4-5-10(14)9(11)7-15/h4-6H,7-8,15H2,1-3H3. The number of benzene rings is 1. The lowest BCUT2D eigenvalue weighted by Crippen LogP contribution is -2.32. The summed E-state index contributed by atoms with van der Waals surface area (Å²) in [5.74, 6) is -0.437. The van der Waals surface area contributed by atoms with E-state index in [1.165, 1.54) is 19.2 Å². The molecule has 0 aliphatic carbocycles. The molecule has 2 N–H and O–H groups in total. The molecule has 0 aliphatic rings. The summed E-state index contributed by atoms with van der Waals surface area (Å²) < 4.78 is 23.6. The van der Waals surface area contributed by atoms with Gasteiger partial charge < -0.3 is 15.2 Å². The molecule has 0 aromatic heterocycles. The van der Waals surface area contributed by atoms with E-state index < -0.39 is 11.2 Å². The third-order valence-electron chi connectivity index (χ3n) is 2.61. The summed E-state index contributed by atoms with van der Waals surface area (Å²) in [6.45, 7) is 3.53. The molecular formula is C13H18FNO3. The van der Waals surface area contributed by atoms with Crippen LogP contribution in [0.15, 0.2) is 18.2 Å². The van der Waals surface area contributed by atoms with Crippen molar-refractivity contribution in [3.63, 3.8) is 0 Å². The fraction of sp³-hybridized carbons (Fsp3) is 0.462.